The summed E-state index contributed by atoms with van der Waals surface area (Å²) in [5.41, 5.74) is 10.1. The quantitative estimate of drug-likeness (QED) is 0.735. The first-order valence-electron chi connectivity index (χ1n) is 6.67. The molecular formula is C17H18N2O. The second kappa shape index (κ2) is 4.93. The van der Waals surface area contributed by atoms with Crippen molar-refractivity contribution in [2.75, 3.05) is 5.73 Å². The van der Waals surface area contributed by atoms with Crippen LogP contribution in [-0.2, 0) is 13.7 Å². The van der Waals surface area contributed by atoms with Gasteiger partial charge in [-0.1, -0.05) is 18.2 Å². The fourth-order valence-corrected chi connectivity index (χ4v) is 2.41. The van der Waals surface area contributed by atoms with Crippen LogP contribution < -0.4 is 10.5 Å². The molecule has 3 heteroatoms. The number of hydrogen-bond acceptors (Lipinski definition) is 2. The summed E-state index contributed by atoms with van der Waals surface area (Å²) in [5.74, 6) is 0.898. The summed E-state index contributed by atoms with van der Waals surface area (Å²) in [6, 6.07) is 16.2. The van der Waals surface area contributed by atoms with Gasteiger partial charge in [-0.15, -0.1) is 0 Å². The lowest BCUT2D eigenvalue weighted by Gasteiger charge is -2.08. The van der Waals surface area contributed by atoms with Gasteiger partial charge >= 0.3 is 0 Å². The van der Waals surface area contributed by atoms with E-state index in [4.69, 9.17) is 10.5 Å². The highest BCUT2D eigenvalue weighted by Crippen LogP contribution is 2.22. The normalized spacial score (nSPS) is 10.9. The van der Waals surface area contributed by atoms with E-state index in [9.17, 15) is 0 Å². The maximum absolute atomic E-state index is 5.86. The van der Waals surface area contributed by atoms with E-state index in [1.165, 1.54) is 10.9 Å². The average molecular weight is 266 g/mol. The van der Waals surface area contributed by atoms with Gasteiger partial charge in [-0.2, -0.15) is 0 Å². The topological polar surface area (TPSA) is 40.2 Å². The summed E-state index contributed by atoms with van der Waals surface area (Å²) in [7, 11) is 2.04. The third-order valence-electron chi connectivity index (χ3n) is 3.55. The highest BCUT2D eigenvalue weighted by atomic mass is 16.5. The molecule has 0 aliphatic rings. The zero-order valence-corrected chi connectivity index (χ0v) is 11.8. The van der Waals surface area contributed by atoms with Crippen molar-refractivity contribution in [1.29, 1.82) is 0 Å². The van der Waals surface area contributed by atoms with E-state index < -0.39 is 0 Å². The number of hydrogen-bond donors (Lipinski definition) is 1. The highest BCUT2D eigenvalue weighted by molar-refractivity contribution is 5.84. The van der Waals surface area contributed by atoms with Crippen molar-refractivity contribution in [3.8, 4) is 5.75 Å². The smallest absolute Gasteiger partial charge is 0.128 e. The minimum Gasteiger partial charge on any atom is -0.487 e. The van der Waals surface area contributed by atoms with Gasteiger partial charge in [-0.3, -0.25) is 0 Å². The molecule has 3 nitrogen and oxygen atoms in total. The van der Waals surface area contributed by atoms with Gasteiger partial charge in [0.25, 0.3) is 0 Å². The number of rotatable bonds is 3. The van der Waals surface area contributed by atoms with Gasteiger partial charge in [0.1, 0.15) is 12.4 Å². The molecule has 0 radical (unpaired) electrons. The minimum atomic E-state index is 0.550. The Balaban J connectivity index is 1.86. The predicted octanol–water partition coefficient (Wildman–Crippen LogP) is 3.65. The first kappa shape index (κ1) is 12.6. The lowest BCUT2D eigenvalue weighted by Crippen LogP contribution is -2.01. The van der Waals surface area contributed by atoms with E-state index >= 15 is 0 Å². The standard InChI is InChI=1S/C17H18N2O/c1-12-4-3-5-16(8-12)20-11-15-9-13-6-7-14(18)10-17(13)19(15)2/h3-10H,11,18H2,1-2H3. The Morgan fingerprint density at radius 3 is 2.75 bits per heavy atom. The third kappa shape index (κ3) is 2.35. The number of benzene rings is 2. The second-order valence-electron chi connectivity index (χ2n) is 5.12. The van der Waals surface area contributed by atoms with E-state index in [1.807, 2.05) is 43.4 Å². The molecule has 0 spiro atoms. The SMILES string of the molecule is Cc1cccc(OCc2cc3ccc(N)cc3n2C)c1. The van der Waals surface area contributed by atoms with Crippen LogP contribution in [0.3, 0.4) is 0 Å². The van der Waals surface area contributed by atoms with Gasteiger partial charge < -0.3 is 15.0 Å². The van der Waals surface area contributed by atoms with E-state index in [0.717, 1.165) is 22.6 Å². The molecule has 3 aromatic rings. The van der Waals surface area contributed by atoms with Crippen molar-refractivity contribution in [1.82, 2.24) is 4.57 Å². The van der Waals surface area contributed by atoms with Gasteiger partial charge in [0.15, 0.2) is 0 Å². The summed E-state index contributed by atoms with van der Waals surface area (Å²) in [4.78, 5) is 0. The molecule has 0 aliphatic heterocycles. The predicted molar refractivity (Wildman–Crippen MR) is 82.8 cm³/mol. The highest BCUT2D eigenvalue weighted by Gasteiger charge is 2.06. The number of aromatic nitrogens is 1. The molecule has 20 heavy (non-hydrogen) atoms. The van der Waals surface area contributed by atoms with Crippen LogP contribution in [0.1, 0.15) is 11.3 Å². The van der Waals surface area contributed by atoms with Crippen LogP contribution in [0.15, 0.2) is 48.5 Å². The number of nitrogen functional groups attached to an aromatic ring is 1. The third-order valence-corrected chi connectivity index (χ3v) is 3.55. The Morgan fingerprint density at radius 1 is 1.10 bits per heavy atom. The molecule has 1 aromatic heterocycles. The monoisotopic (exact) mass is 266 g/mol. The molecule has 0 fully saturated rings. The van der Waals surface area contributed by atoms with Crippen LogP contribution >= 0.6 is 0 Å². The number of nitrogens with zero attached hydrogens (tertiary/aromatic N) is 1. The molecule has 2 N–H and O–H groups in total. The molecule has 0 saturated heterocycles. The molecule has 0 atom stereocenters. The van der Waals surface area contributed by atoms with E-state index in [0.29, 0.717) is 6.61 Å². The summed E-state index contributed by atoms with van der Waals surface area (Å²) in [6.45, 7) is 2.61. The van der Waals surface area contributed by atoms with Crippen LogP contribution in [0.5, 0.6) is 5.75 Å². The summed E-state index contributed by atoms with van der Waals surface area (Å²) < 4.78 is 7.99. The number of aryl methyl sites for hydroxylation is 2. The van der Waals surface area contributed by atoms with Crippen molar-refractivity contribution >= 4 is 16.6 Å². The maximum Gasteiger partial charge on any atom is 0.128 e. The lowest BCUT2D eigenvalue weighted by atomic mass is 10.2. The first-order chi connectivity index (χ1) is 9.63. The Hall–Kier alpha value is -2.42. The van der Waals surface area contributed by atoms with Crippen molar-refractivity contribution in [2.45, 2.75) is 13.5 Å². The van der Waals surface area contributed by atoms with E-state index in [2.05, 4.69) is 23.6 Å². The maximum atomic E-state index is 5.86. The van der Waals surface area contributed by atoms with Crippen LogP contribution in [0.25, 0.3) is 10.9 Å². The molecule has 2 aromatic carbocycles. The Bertz CT molecular complexity index is 759. The van der Waals surface area contributed by atoms with Gasteiger partial charge in [-0.05, 0) is 42.8 Å². The van der Waals surface area contributed by atoms with Crippen LogP contribution in [-0.4, -0.2) is 4.57 Å². The van der Waals surface area contributed by atoms with E-state index in [1.54, 1.807) is 0 Å². The minimum absolute atomic E-state index is 0.550. The summed E-state index contributed by atoms with van der Waals surface area (Å²) in [5, 5.41) is 1.18. The summed E-state index contributed by atoms with van der Waals surface area (Å²) in [6.07, 6.45) is 0. The van der Waals surface area contributed by atoms with Gasteiger partial charge in [-0.25, -0.2) is 0 Å². The molecular weight excluding hydrogens is 248 g/mol. The van der Waals surface area contributed by atoms with Crippen molar-refractivity contribution in [3.63, 3.8) is 0 Å². The molecule has 1 heterocycles. The fraction of sp³-hybridized carbons (Fsp3) is 0.176. The van der Waals surface area contributed by atoms with Gasteiger partial charge in [0, 0.05) is 18.1 Å². The van der Waals surface area contributed by atoms with Gasteiger partial charge in [0.2, 0.25) is 0 Å². The van der Waals surface area contributed by atoms with Crippen LogP contribution in [0.2, 0.25) is 0 Å². The number of nitrogens with two attached hydrogens (primary N) is 1. The molecule has 0 aliphatic carbocycles. The Morgan fingerprint density at radius 2 is 1.95 bits per heavy atom. The number of fused-ring (bicyclic) bond motifs is 1. The second-order valence-corrected chi connectivity index (χ2v) is 5.12. The average Bonchev–Trinajstić information content (AvgIpc) is 2.73. The molecule has 0 amide bonds. The zero-order valence-electron chi connectivity index (χ0n) is 11.8. The number of anilines is 1. The lowest BCUT2D eigenvalue weighted by molar-refractivity contribution is 0.297. The fourth-order valence-electron chi connectivity index (χ4n) is 2.41. The van der Waals surface area contributed by atoms with Crippen molar-refractivity contribution in [2.24, 2.45) is 7.05 Å². The van der Waals surface area contributed by atoms with Crippen molar-refractivity contribution < 1.29 is 4.74 Å². The molecule has 0 unspecified atom stereocenters. The van der Waals surface area contributed by atoms with Crippen LogP contribution in [0, 0.1) is 6.92 Å². The molecule has 3 rings (SSSR count). The number of ether oxygens (including phenoxy) is 1. The van der Waals surface area contributed by atoms with Gasteiger partial charge in [0.05, 0.1) is 11.2 Å². The van der Waals surface area contributed by atoms with E-state index in [-0.39, 0.29) is 0 Å². The van der Waals surface area contributed by atoms with Crippen molar-refractivity contribution in [3.05, 3.63) is 59.8 Å². The zero-order chi connectivity index (χ0) is 14.1. The largest absolute Gasteiger partial charge is 0.487 e. The molecule has 102 valence electrons. The molecule has 0 saturated carbocycles. The van der Waals surface area contributed by atoms with Crippen LogP contribution in [0.4, 0.5) is 5.69 Å². The summed E-state index contributed by atoms with van der Waals surface area (Å²) >= 11 is 0. The molecule has 0 bridgehead atoms. The Labute approximate surface area is 118 Å². The Kier molecular flexibility index (Phi) is 3.11. The first-order valence-corrected chi connectivity index (χ1v) is 6.67.